The molecule has 2 aromatic rings. The maximum absolute atomic E-state index is 13.2. The second-order valence-electron chi connectivity index (χ2n) is 4.51. The van der Waals surface area contributed by atoms with E-state index in [2.05, 4.69) is 20.9 Å². The van der Waals surface area contributed by atoms with Crippen molar-refractivity contribution in [2.75, 3.05) is 0 Å². The molecule has 0 bridgehead atoms. The summed E-state index contributed by atoms with van der Waals surface area (Å²) in [6.07, 6.45) is 0.133. The van der Waals surface area contributed by atoms with Crippen molar-refractivity contribution in [1.82, 2.24) is 4.98 Å². The van der Waals surface area contributed by atoms with Crippen LogP contribution in [0.25, 0.3) is 0 Å². The van der Waals surface area contributed by atoms with Crippen LogP contribution in [0, 0.1) is 19.7 Å². The van der Waals surface area contributed by atoms with Crippen molar-refractivity contribution in [3.8, 4) is 0 Å². The molecule has 1 heterocycles. The third-order valence-corrected chi connectivity index (χ3v) is 3.52. The fraction of sp³-hybridized carbons (Fsp3) is 0.200. The van der Waals surface area contributed by atoms with Crippen molar-refractivity contribution >= 4 is 21.7 Å². The topological polar surface area (TPSA) is 30.0 Å². The summed E-state index contributed by atoms with van der Waals surface area (Å²) in [4.78, 5) is 16.4. The molecule has 1 aromatic carbocycles. The molecule has 2 rings (SSSR count). The van der Waals surface area contributed by atoms with Crippen LogP contribution in [0.2, 0.25) is 0 Å². The molecule has 1 aromatic heterocycles. The lowest BCUT2D eigenvalue weighted by Crippen LogP contribution is -2.08. The third kappa shape index (κ3) is 3.47. The molecule has 0 fully saturated rings. The van der Waals surface area contributed by atoms with Gasteiger partial charge in [0.1, 0.15) is 11.5 Å². The Kier molecular flexibility index (Phi) is 4.10. The fourth-order valence-corrected chi connectivity index (χ4v) is 2.31. The van der Waals surface area contributed by atoms with Crippen molar-refractivity contribution in [3.63, 3.8) is 0 Å². The Morgan fingerprint density at radius 3 is 2.68 bits per heavy atom. The van der Waals surface area contributed by atoms with Gasteiger partial charge >= 0.3 is 0 Å². The molecular weight excluding hydrogens is 309 g/mol. The fourth-order valence-electron chi connectivity index (χ4n) is 1.93. The zero-order chi connectivity index (χ0) is 14.0. The van der Waals surface area contributed by atoms with Gasteiger partial charge in [-0.1, -0.05) is 15.9 Å². The average Bonchev–Trinajstić information content (AvgIpc) is 2.32. The van der Waals surface area contributed by atoms with E-state index in [-0.39, 0.29) is 18.0 Å². The zero-order valence-electron chi connectivity index (χ0n) is 10.7. The number of carbonyl (C=O) groups is 1. The Morgan fingerprint density at radius 1 is 1.26 bits per heavy atom. The predicted octanol–water partition coefficient (Wildman–Crippen LogP) is 4.03. The second kappa shape index (κ2) is 5.61. The Balaban J connectivity index is 2.28. The van der Waals surface area contributed by atoms with Crippen molar-refractivity contribution in [2.45, 2.75) is 20.3 Å². The van der Waals surface area contributed by atoms with Crippen LogP contribution in [-0.2, 0) is 6.42 Å². The van der Waals surface area contributed by atoms with E-state index < -0.39 is 0 Å². The van der Waals surface area contributed by atoms with Crippen LogP contribution in [0.15, 0.2) is 34.8 Å². The smallest absolute Gasteiger partial charge is 0.185 e. The first-order chi connectivity index (χ1) is 8.95. The molecule has 0 amide bonds. The lowest BCUT2D eigenvalue weighted by molar-refractivity contribution is 0.0987. The van der Waals surface area contributed by atoms with Gasteiger partial charge in [-0.05, 0) is 55.3 Å². The minimum atomic E-state index is -0.348. The maximum atomic E-state index is 13.2. The number of benzene rings is 1. The van der Waals surface area contributed by atoms with Gasteiger partial charge in [0, 0.05) is 16.6 Å². The van der Waals surface area contributed by atoms with Gasteiger partial charge in [0.15, 0.2) is 5.78 Å². The van der Waals surface area contributed by atoms with Crippen molar-refractivity contribution in [2.24, 2.45) is 0 Å². The molecule has 4 heteroatoms. The number of carbonyl (C=O) groups excluding carboxylic acids is 1. The van der Waals surface area contributed by atoms with Crippen LogP contribution >= 0.6 is 15.9 Å². The highest BCUT2D eigenvalue weighted by molar-refractivity contribution is 9.10. The summed E-state index contributed by atoms with van der Waals surface area (Å²) in [6.45, 7) is 3.77. The molecule has 19 heavy (non-hydrogen) atoms. The predicted molar refractivity (Wildman–Crippen MR) is 75.8 cm³/mol. The second-order valence-corrected chi connectivity index (χ2v) is 5.36. The molecule has 0 saturated carbocycles. The molecular formula is C15H13BrFNO. The van der Waals surface area contributed by atoms with E-state index in [0.29, 0.717) is 11.3 Å². The number of hydrogen-bond acceptors (Lipinski definition) is 2. The standard InChI is InChI=1S/C15H13BrFNO/c1-9-5-10(2)18-14(6-9)15(19)8-11-7-12(17)3-4-13(11)16/h3-7H,8H2,1-2H3. The number of nitrogens with zero attached hydrogens (tertiary/aromatic N) is 1. The first-order valence-corrected chi connectivity index (χ1v) is 6.67. The summed E-state index contributed by atoms with van der Waals surface area (Å²) in [5, 5.41) is 0. The highest BCUT2D eigenvalue weighted by Gasteiger charge is 2.12. The Labute approximate surface area is 119 Å². The van der Waals surface area contributed by atoms with Gasteiger partial charge < -0.3 is 0 Å². The van der Waals surface area contributed by atoms with Gasteiger partial charge in [-0.3, -0.25) is 4.79 Å². The number of halogens is 2. The molecule has 2 nitrogen and oxygen atoms in total. The van der Waals surface area contributed by atoms with Crippen molar-refractivity contribution in [3.05, 3.63) is 63.1 Å². The summed E-state index contributed by atoms with van der Waals surface area (Å²) < 4.78 is 13.9. The number of aryl methyl sites for hydroxylation is 2. The van der Waals surface area contributed by atoms with E-state index >= 15 is 0 Å². The minimum Gasteiger partial charge on any atom is -0.292 e. The molecule has 98 valence electrons. The number of Topliss-reactive ketones (excluding diaryl/α,β-unsaturated/α-hetero) is 1. The van der Waals surface area contributed by atoms with Crippen LogP contribution in [0.5, 0.6) is 0 Å². The van der Waals surface area contributed by atoms with Crippen LogP contribution in [-0.4, -0.2) is 10.8 Å². The lowest BCUT2D eigenvalue weighted by atomic mass is 10.1. The molecule has 0 radical (unpaired) electrons. The first-order valence-electron chi connectivity index (χ1n) is 5.88. The normalized spacial score (nSPS) is 10.5. The number of pyridine rings is 1. The SMILES string of the molecule is Cc1cc(C)nc(C(=O)Cc2cc(F)ccc2Br)c1. The highest BCUT2D eigenvalue weighted by Crippen LogP contribution is 2.20. The molecule has 0 saturated heterocycles. The van der Waals surface area contributed by atoms with E-state index in [0.717, 1.165) is 15.7 Å². The Hall–Kier alpha value is -1.55. The lowest BCUT2D eigenvalue weighted by Gasteiger charge is -2.06. The largest absolute Gasteiger partial charge is 0.292 e. The van der Waals surface area contributed by atoms with Crippen molar-refractivity contribution < 1.29 is 9.18 Å². The first kappa shape index (κ1) is 13.9. The summed E-state index contributed by atoms with van der Waals surface area (Å²) in [5.74, 6) is -0.461. The molecule has 0 unspecified atom stereocenters. The van der Waals surface area contributed by atoms with Gasteiger partial charge in [-0.15, -0.1) is 0 Å². The van der Waals surface area contributed by atoms with Crippen molar-refractivity contribution in [1.29, 1.82) is 0 Å². The summed E-state index contributed by atoms with van der Waals surface area (Å²) in [7, 11) is 0. The van der Waals surface area contributed by atoms with Gasteiger partial charge in [-0.25, -0.2) is 9.37 Å². The van der Waals surface area contributed by atoms with Crippen LogP contribution in [0.4, 0.5) is 4.39 Å². The van der Waals surface area contributed by atoms with Crippen LogP contribution in [0.1, 0.15) is 27.3 Å². The average molecular weight is 322 g/mol. The summed E-state index contributed by atoms with van der Waals surface area (Å²) >= 11 is 3.32. The zero-order valence-corrected chi connectivity index (χ0v) is 12.3. The summed E-state index contributed by atoms with van der Waals surface area (Å²) in [6, 6.07) is 7.99. The van der Waals surface area contributed by atoms with E-state index in [9.17, 15) is 9.18 Å². The molecule has 0 atom stereocenters. The van der Waals surface area contributed by atoms with Gasteiger partial charge in [-0.2, -0.15) is 0 Å². The monoisotopic (exact) mass is 321 g/mol. The molecule has 0 aliphatic rings. The number of ketones is 1. The van der Waals surface area contributed by atoms with E-state index in [1.54, 1.807) is 12.1 Å². The molecule has 0 aliphatic heterocycles. The number of hydrogen-bond donors (Lipinski definition) is 0. The third-order valence-electron chi connectivity index (χ3n) is 2.74. The van der Waals surface area contributed by atoms with E-state index in [1.807, 2.05) is 19.9 Å². The molecule has 0 spiro atoms. The van der Waals surface area contributed by atoms with E-state index in [4.69, 9.17) is 0 Å². The van der Waals surface area contributed by atoms with Gasteiger partial charge in [0.25, 0.3) is 0 Å². The molecule has 0 N–H and O–H groups in total. The number of aromatic nitrogens is 1. The maximum Gasteiger partial charge on any atom is 0.185 e. The van der Waals surface area contributed by atoms with Gasteiger partial charge in [0.05, 0.1) is 0 Å². The Bertz CT molecular complexity index is 620. The van der Waals surface area contributed by atoms with Crippen LogP contribution in [0.3, 0.4) is 0 Å². The summed E-state index contributed by atoms with van der Waals surface area (Å²) in [5.41, 5.74) is 2.86. The van der Waals surface area contributed by atoms with Crippen LogP contribution < -0.4 is 0 Å². The van der Waals surface area contributed by atoms with E-state index in [1.165, 1.54) is 12.1 Å². The Morgan fingerprint density at radius 2 is 2.00 bits per heavy atom. The number of rotatable bonds is 3. The molecule has 0 aliphatic carbocycles. The minimum absolute atomic E-state index is 0.113. The quantitative estimate of drug-likeness (QED) is 0.799. The highest BCUT2D eigenvalue weighted by atomic mass is 79.9. The van der Waals surface area contributed by atoms with Gasteiger partial charge in [0.2, 0.25) is 0 Å².